The van der Waals surface area contributed by atoms with E-state index >= 15 is 0 Å². The van der Waals surface area contributed by atoms with Gasteiger partial charge in [-0.25, -0.2) is 4.39 Å². The van der Waals surface area contributed by atoms with Crippen molar-refractivity contribution in [1.29, 1.82) is 0 Å². The molecular weight excluding hydrogens is 335 g/mol. The minimum atomic E-state index is -0.486. The Balaban J connectivity index is 1.52. The molecule has 1 atom stereocenters. The number of hydrogen-bond donors (Lipinski definition) is 1. The molecule has 1 saturated heterocycles. The van der Waals surface area contributed by atoms with Crippen LogP contribution in [0.5, 0.6) is 5.75 Å². The van der Waals surface area contributed by atoms with Crippen LogP contribution in [0.1, 0.15) is 12.8 Å². The quantitative estimate of drug-likeness (QED) is 0.859. The molecule has 3 rings (SSSR count). The molecule has 0 aromatic heterocycles. The Morgan fingerprint density at radius 3 is 2.73 bits per heavy atom. The number of nitrogens with one attached hydrogen (secondary N) is 1. The van der Waals surface area contributed by atoms with Gasteiger partial charge in [0, 0.05) is 31.6 Å². The SMILES string of the molecule is COC1CCCN(c2ccc(NC(=O)COc3ccccc3F)cc2)C1. The van der Waals surface area contributed by atoms with Crippen LogP contribution in [0.25, 0.3) is 0 Å². The number of para-hydroxylation sites is 1. The van der Waals surface area contributed by atoms with Crippen LogP contribution in [0.4, 0.5) is 15.8 Å². The number of piperidine rings is 1. The van der Waals surface area contributed by atoms with E-state index in [0.29, 0.717) is 5.69 Å². The summed E-state index contributed by atoms with van der Waals surface area (Å²) in [7, 11) is 1.75. The molecule has 0 radical (unpaired) electrons. The van der Waals surface area contributed by atoms with Crippen LogP contribution in [0.15, 0.2) is 48.5 Å². The molecule has 1 amide bonds. The smallest absolute Gasteiger partial charge is 0.262 e. The summed E-state index contributed by atoms with van der Waals surface area (Å²) in [5.41, 5.74) is 1.78. The van der Waals surface area contributed by atoms with Crippen molar-refractivity contribution < 1.29 is 18.7 Å². The summed E-state index contributed by atoms with van der Waals surface area (Å²) < 4.78 is 24.1. The number of carbonyl (C=O) groups excluding carboxylic acids is 1. The molecule has 0 bridgehead atoms. The molecule has 138 valence electrons. The molecule has 2 aromatic rings. The minimum absolute atomic E-state index is 0.0655. The van der Waals surface area contributed by atoms with Gasteiger partial charge in [0.1, 0.15) is 0 Å². The first-order valence-corrected chi connectivity index (χ1v) is 8.70. The number of anilines is 2. The zero-order valence-corrected chi connectivity index (χ0v) is 14.8. The van der Waals surface area contributed by atoms with Crippen molar-refractivity contribution in [1.82, 2.24) is 0 Å². The fraction of sp³-hybridized carbons (Fsp3) is 0.350. The van der Waals surface area contributed by atoms with Gasteiger partial charge in [0.2, 0.25) is 0 Å². The topological polar surface area (TPSA) is 50.8 Å². The van der Waals surface area contributed by atoms with E-state index < -0.39 is 5.82 Å². The number of halogens is 1. The van der Waals surface area contributed by atoms with Crippen molar-refractivity contribution in [2.45, 2.75) is 18.9 Å². The zero-order valence-electron chi connectivity index (χ0n) is 14.8. The highest BCUT2D eigenvalue weighted by molar-refractivity contribution is 5.92. The highest BCUT2D eigenvalue weighted by Crippen LogP contribution is 2.23. The van der Waals surface area contributed by atoms with E-state index in [1.807, 2.05) is 24.3 Å². The van der Waals surface area contributed by atoms with Crippen molar-refractivity contribution in [3.8, 4) is 5.75 Å². The number of rotatable bonds is 6. The third-order valence-corrected chi connectivity index (χ3v) is 4.42. The van der Waals surface area contributed by atoms with Crippen molar-refractivity contribution in [2.24, 2.45) is 0 Å². The maximum Gasteiger partial charge on any atom is 0.262 e. The van der Waals surface area contributed by atoms with E-state index in [1.54, 1.807) is 19.2 Å². The van der Waals surface area contributed by atoms with E-state index in [1.165, 1.54) is 12.1 Å². The minimum Gasteiger partial charge on any atom is -0.481 e. The Labute approximate surface area is 152 Å². The molecule has 2 aromatic carbocycles. The van der Waals surface area contributed by atoms with Crippen LogP contribution < -0.4 is 15.0 Å². The Kier molecular flexibility index (Phi) is 6.07. The van der Waals surface area contributed by atoms with Crippen LogP contribution >= 0.6 is 0 Å². The van der Waals surface area contributed by atoms with Gasteiger partial charge in [0.25, 0.3) is 5.91 Å². The molecule has 1 fully saturated rings. The third kappa shape index (κ3) is 4.73. The molecule has 1 aliphatic rings. The number of methoxy groups -OCH3 is 1. The summed E-state index contributed by atoms with van der Waals surface area (Å²) in [5.74, 6) is -0.755. The maximum atomic E-state index is 13.5. The average Bonchev–Trinajstić information content (AvgIpc) is 2.68. The Bertz CT molecular complexity index is 736. The molecule has 1 unspecified atom stereocenters. The molecule has 5 nitrogen and oxygen atoms in total. The van der Waals surface area contributed by atoms with Crippen LogP contribution in [0.3, 0.4) is 0 Å². The van der Waals surface area contributed by atoms with Crippen molar-refractivity contribution in [3.05, 3.63) is 54.3 Å². The second kappa shape index (κ2) is 8.67. The molecule has 1 heterocycles. The Morgan fingerprint density at radius 1 is 1.23 bits per heavy atom. The zero-order chi connectivity index (χ0) is 18.4. The van der Waals surface area contributed by atoms with Gasteiger partial charge in [0.05, 0.1) is 6.10 Å². The molecule has 0 saturated carbocycles. The average molecular weight is 358 g/mol. The van der Waals surface area contributed by atoms with E-state index in [0.717, 1.165) is 31.6 Å². The summed E-state index contributed by atoms with van der Waals surface area (Å²) >= 11 is 0. The van der Waals surface area contributed by atoms with E-state index in [9.17, 15) is 9.18 Å². The van der Waals surface area contributed by atoms with E-state index in [4.69, 9.17) is 9.47 Å². The first-order valence-electron chi connectivity index (χ1n) is 8.70. The second-order valence-corrected chi connectivity index (χ2v) is 6.26. The molecule has 26 heavy (non-hydrogen) atoms. The largest absolute Gasteiger partial charge is 0.481 e. The highest BCUT2D eigenvalue weighted by atomic mass is 19.1. The van der Waals surface area contributed by atoms with E-state index in [-0.39, 0.29) is 24.4 Å². The molecule has 1 N–H and O–H groups in total. The van der Waals surface area contributed by atoms with Gasteiger partial charge in [-0.1, -0.05) is 12.1 Å². The van der Waals surface area contributed by atoms with Crippen molar-refractivity contribution in [3.63, 3.8) is 0 Å². The molecule has 0 aliphatic carbocycles. The molecular formula is C20H23FN2O3. The van der Waals surface area contributed by atoms with Gasteiger partial charge >= 0.3 is 0 Å². The van der Waals surface area contributed by atoms with Crippen LogP contribution in [-0.4, -0.2) is 38.8 Å². The number of ether oxygens (including phenoxy) is 2. The van der Waals surface area contributed by atoms with Gasteiger partial charge in [-0.2, -0.15) is 0 Å². The highest BCUT2D eigenvalue weighted by Gasteiger charge is 2.19. The third-order valence-electron chi connectivity index (χ3n) is 4.42. The number of amides is 1. The van der Waals surface area contributed by atoms with E-state index in [2.05, 4.69) is 10.2 Å². The number of hydrogen-bond acceptors (Lipinski definition) is 4. The summed E-state index contributed by atoms with van der Waals surface area (Å²) in [6.45, 7) is 1.63. The number of benzene rings is 2. The first kappa shape index (κ1) is 18.2. The summed E-state index contributed by atoms with van der Waals surface area (Å²) in [6.07, 6.45) is 2.45. The molecule has 6 heteroatoms. The fourth-order valence-electron chi connectivity index (χ4n) is 3.02. The Morgan fingerprint density at radius 2 is 2.00 bits per heavy atom. The predicted molar refractivity (Wildman–Crippen MR) is 99.2 cm³/mol. The lowest BCUT2D eigenvalue weighted by Crippen LogP contribution is -2.39. The standard InChI is InChI=1S/C20H23FN2O3/c1-25-17-5-4-12-23(13-17)16-10-8-15(9-11-16)22-20(24)14-26-19-7-3-2-6-18(19)21/h2-3,6-11,17H,4-5,12-14H2,1H3,(H,22,24). The fourth-order valence-corrected chi connectivity index (χ4v) is 3.02. The summed E-state index contributed by atoms with van der Waals surface area (Å²) in [6, 6.07) is 13.7. The van der Waals surface area contributed by atoms with Crippen LogP contribution in [0.2, 0.25) is 0 Å². The number of nitrogens with zero attached hydrogens (tertiary/aromatic N) is 1. The lowest BCUT2D eigenvalue weighted by Gasteiger charge is -2.33. The van der Waals surface area contributed by atoms with Gasteiger partial charge in [-0.15, -0.1) is 0 Å². The summed E-state index contributed by atoms with van der Waals surface area (Å²) in [4.78, 5) is 14.3. The predicted octanol–water partition coefficient (Wildman–Crippen LogP) is 3.46. The van der Waals surface area contributed by atoms with Crippen molar-refractivity contribution in [2.75, 3.05) is 37.0 Å². The van der Waals surface area contributed by atoms with Gasteiger partial charge < -0.3 is 19.7 Å². The van der Waals surface area contributed by atoms with Gasteiger partial charge in [0.15, 0.2) is 18.2 Å². The summed E-state index contributed by atoms with van der Waals surface area (Å²) in [5, 5.41) is 2.75. The molecule has 0 spiro atoms. The van der Waals surface area contributed by atoms with Crippen LogP contribution in [-0.2, 0) is 9.53 Å². The Hall–Kier alpha value is -2.60. The lowest BCUT2D eigenvalue weighted by atomic mass is 10.1. The molecule has 1 aliphatic heterocycles. The van der Waals surface area contributed by atoms with Gasteiger partial charge in [-0.3, -0.25) is 4.79 Å². The van der Waals surface area contributed by atoms with Crippen LogP contribution in [0, 0.1) is 5.82 Å². The monoisotopic (exact) mass is 358 g/mol. The second-order valence-electron chi connectivity index (χ2n) is 6.26. The first-order chi connectivity index (χ1) is 12.7. The van der Waals surface area contributed by atoms with Gasteiger partial charge in [-0.05, 0) is 49.2 Å². The maximum absolute atomic E-state index is 13.5. The van der Waals surface area contributed by atoms with Crippen molar-refractivity contribution >= 4 is 17.3 Å². The number of carbonyl (C=O) groups is 1. The lowest BCUT2D eigenvalue weighted by molar-refractivity contribution is -0.118. The normalized spacial score (nSPS) is 17.0.